The predicted octanol–water partition coefficient (Wildman–Crippen LogP) is 2.03. The maximum Gasteiger partial charge on any atom is 0.411 e. The summed E-state index contributed by atoms with van der Waals surface area (Å²) in [5.41, 5.74) is 6.15. The van der Waals surface area contributed by atoms with E-state index in [2.05, 4.69) is 4.74 Å². The van der Waals surface area contributed by atoms with Crippen LogP contribution in [-0.4, -0.2) is 25.2 Å². The van der Waals surface area contributed by atoms with Crippen LogP contribution in [0.4, 0.5) is 18.9 Å². The molecule has 3 nitrogen and oxygen atoms in total. The summed E-state index contributed by atoms with van der Waals surface area (Å²) in [5, 5.41) is 0. The monoisotopic (exact) mass is 233 g/mol. The van der Waals surface area contributed by atoms with Crippen molar-refractivity contribution in [2.45, 2.75) is 6.18 Å². The lowest BCUT2D eigenvalue weighted by molar-refractivity contribution is -0.170. The van der Waals surface area contributed by atoms with Crippen molar-refractivity contribution >= 4 is 11.5 Å². The molecule has 0 aliphatic carbocycles. The van der Waals surface area contributed by atoms with Gasteiger partial charge in [0, 0.05) is 11.3 Å². The molecule has 0 heterocycles. The summed E-state index contributed by atoms with van der Waals surface area (Å²) in [6.45, 7) is -2.02. The topological polar surface area (TPSA) is 52.3 Å². The highest BCUT2D eigenvalue weighted by Gasteiger charge is 2.27. The summed E-state index contributed by atoms with van der Waals surface area (Å²) in [7, 11) is 0. The van der Waals surface area contributed by atoms with Gasteiger partial charge in [0.25, 0.3) is 0 Å². The number of alkyl halides is 3. The molecule has 0 fully saturated rings. The number of carbonyl (C=O) groups excluding carboxylic acids is 1. The summed E-state index contributed by atoms with van der Waals surface area (Å²) < 4.78 is 39.4. The van der Waals surface area contributed by atoms with Gasteiger partial charge in [0.05, 0.1) is 0 Å². The van der Waals surface area contributed by atoms with E-state index in [9.17, 15) is 18.0 Å². The molecule has 0 radical (unpaired) electrons. The Morgan fingerprint density at radius 2 is 1.81 bits per heavy atom. The van der Waals surface area contributed by atoms with Crippen molar-refractivity contribution in [3.63, 3.8) is 0 Å². The highest BCUT2D eigenvalue weighted by Crippen LogP contribution is 2.14. The number of ketones is 1. The van der Waals surface area contributed by atoms with Crippen molar-refractivity contribution in [2.24, 2.45) is 0 Å². The quantitative estimate of drug-likeness (QED) is 0.639. The molecule has 0 unspecified atom stereocenters. The van der Waals surface area contributed by atoms with E-state index >= 15 is 0 Å². The molecule has 0 saturated heterocycles. The first-order valence-corrected chi connectivity index (χ1v) is 4.42. The van der Waals surface area contributed by atoms with Crippen molar-refractivity contribution < 1.29 is 22.7 Å². The molecule has 88 valence electrons. The zero-order chi connectivity index (χ0) is 12.2. The van der Waals surface area contributed by atoms with Crippen LogP contribution >= 0.6 is 0 Å². The van der Waals surface area contributed by atoms with Crippen molar-refractivity contribution in [3.05, 3.63) is 29.8 Å². The van der Waals surface area contributed by atoms with Crippen LogP contribution in [0.25, 0.3) is 0 Å². The summed E-state index contributed by atoms with van der Waals surface area (Å²) in [5.74, 6) is -0.510. The second-order valence-corrected chi connectivity index (χ2v) is 3.15. The van der Waals surface area contributed by atoms with Gasteiger partial charge in [-0.15, -0.1) is 0 Å². The largest absolute Gasteiger partial charge is 0.411 e. The van der Waals surface area contributed by atoms with Gasteiger partial charge in [0.15, 0.2) is 5.78 Å². The van der Waals surface area contributed by atoms with Gasteiger partial charge in [-0.25, -0.2) is 0 Å². The minimum atomic E-state index is -4.42. The average Bonchev–Trinajstić information content (AvgIpc) is 2.16. The number of hydrogen-bond acceptors (Lipinski definition) is 3. The third-order valence-corrected chi connectivity index (χ3v) is 1.73. The van der Waals surface area contributed by atoms with E-state index in [1.165, 1.54) is 24.3 Å². The van der Waals surface area contributed by atoms with Crippen LogP contribution in [0.5, 0.6) is 0 Å². The van der Waals surface area contributed by atoms with Crippen molar-refractivity contribution in [1.29, 1.82) is 0 Å². The molecular formula is C10H10F3NO2. The number of nitrogens with two attached hydrogens (primary N) is 1. The Morgan fingerprint density at radius 1 is 1.25 bits per heavy atom. The van der Waals surface area contributed by atoms with Gasteiger partial charge in [-0.2, -0.15) is 13.2 Å². The molecule has 0 aromatic heterocycles. The molecule has 0 spiro atoms. The zero-order valence-electron chi connectivity index (χ0n) is 8.25. The second-order valence-electron chi connectivity index (χ2n) is 3.15. The van der Waals surface area contributed by atoms with Gasteiger partial charge in [-0.3, -0.25) is 4.79 Å². The van der Waals surface area contributed by atoms with Crippen LogP contribution in [0.3, 0.4) is 0 Å². The number of benzene rings is 1. The Kier molecular flexibility index (Phi) is 3.89. The molecule has 0 aliphatic rings. The first kappa shape index (κ1) is 12.5. The standard InChI is InChI=1S/C10H10F3NO2/c11-10(12,13)6-16-5-9(15)7-1-3-8(14)4-2-7/h1-4H,5-6,14H2. The minimum absolute atomic E-state index is 0.274. The number of ether oxygens (including phenoxy) is 1. The van der Waals surface area contributed by atoms with Gasteiger partial charge >= 0.3 is 6.18 Å². The number of nitrogen functional groups attached to an aromatic ring is 1. The molecule has 6 heteroatoms. The van der Waals surface area contributed by atoms with Gasteiger partial charge in [0.2, 0.25) is 0 Å². The number of anilines is 1. The third-order valence-electron chi connectivity index (χ3n) is 1.73. The van der Waals surface area contributed by atoms with Crippen LogP contribution in [0.1, 0.15) is 10.4 Å². The summed E-state index contributed by atoms with van der Waals surface area (Å²) in [4.78, 5) is 11.3. The SMILES string of the molecule is Nc1ccc(C(=O)COCC(F)(F)F)cc1. The van der Waals surface area contributed by atoms with Crippen LogP contribution < -0.4 is 5.73 Å². The molecule has 0 amide bonds. The minimum Gasteiger partial charge on any atom is -0.399 e. The normalized spacial score (nSPS) is 11.4. The molecule has 16 heavy (non-hydrogen) atoms. The Bertz CT molecular complexity index is 359. The zero-order valence-corrected chi connectivity index (χ0v) is 8.25. The first-order chi connectivity index (χ1) is 7.38. The molecule has 0 saturated carbocycles. The molecule has 0 aliphatic heterocycles. The van der Waals surface area contributed by atoms with Crippen LogP contribution in [0.2, 0.25) is 0 Å². The van der Waals surface area contributed by atoms with Crippen molar-refractivity contribution in [1.82, 2.24) is 0 Å². The average molecular weight is 233 g/mol. The summed E-state index contributed by atoms with van der Waals surface area (Å²) in [6.07, 6.45) is -4.42. The third kappa shape index (κ3) is 4.31. The predicted molar refractivity (Wildman–Crippen MR) is 52.1 cm³/mol. The van der Waals surface area contributed by atoms with E-state index in [1.54, 1.807) is 0 Å². The highest BCUT2D eigenvalue weighted by molar-refractivity contribution is 5.97. The van der Waals surface area contributed by atoms with E-state index in [-0.39, 0.29) is 5.56 Å². The summed E-state index contributed by atoms with van der Waals surface area (Å²) in [6, 6.07) is 5.87. The fourth-order valence-corrected chi connectivity index (χ4v) is 1.01. The Labute approximate surface area is 90.0 Å². The van der Waals surface area contributed by atoms with E-state index < -0.39 is 25.2 Å². The number of rotatable bonds is 4. The number of Topliss-reactive ketones (excluding diaryl/α,β-unsaturated/α-hetero) is 1. The van der Waals surface area contributed by atoms with Crippen LogP contribution in [-0.2, 0) is 4.74 Å². The van der Waals surface area contributed by atoms with Gasteiger partial charge in [0.1, 0.15) is 13.2 Å². The molecule has 0 atom stereocenters. The fraction of sp³-hybridized carbons (Fsp3) is 0.300. The molecule has 0 bridgehead atoms. The van der Waals surface area contributed by atoms with E-state index in [4.69, 9.17) is 5.73 Å². The lowest BCUT2D eigenvalue weighted by atomic mass is 10.1. The molecular weight excluding hydrogens is 223 g/mol. The lowest BCUT2D eigenvalue weighted by Crippen LogP contribution is -2.20. The molecule has 1 aromatic carbocycles. The van der Waals surface area contributed by atoms with Gasteiger partial charge in [-0.05, 0) is 24.3 Å². The van der Waals surface area contributed by atoms with E-state index in [0.717, 1.165) is 0 Å². The van der Waals surface area contributed by atoms with Crippen molar-refractivity contribution in [3.8, 4) is 0 Å². The van der Waals surface area contributed by atoms with E-state index in [1.807, 2.05) is 0 Å². The number of halogens is 3. The molecule has 1 rings (SSSR count). The maximum atomic E-state index is 11.7. The first-order valence-electron chi connectivity index (χ1n) is 4.42. The Balaban J connectivity index is 2.44. The Hall–Kier alpha value is -1.56. The van der Waals surface area contributed by atoms with Crippen LogP contribution in [0.15, 0.2) is 24.3 Å². The van der Waals surface area contributed by atoms with Crippen LogP contribution in [0, 0.1) is 0 Å². The second kappa shape index (κ2) is 4.98. The Morgan fingerprint density at radius 3 is 2.31 bits per heavy atom. The van der Waals surface area contributed by atoms with Gasteiger partial charge in [-0.1, -0.05) is 0 Å². The number of hydrogen-bond donors (Lipinski definition) is 1. The molecule has 2 N–H and O–H groups in total. The highest BCUT2D eigenvalue weighted by atomic mass is 19.4. The smallest absolute Gasteiger partial charge is 0.399 e. The fourth-order valence-electron chi connectivity index (χ4n) is 1.01. The summed E-state index contributed by atoms with van der Waals surface area (Å²) >= 11 is 0. The van der Waals surface area contributed by atoms with E-state index in [0.29, 0.717) is 5.69 Å². The number of carbonyl (C=O) groups is 1. The lowest BCUT2D eigenvalue weighted by Gasteiger charge is -2.06. The maximum absolute atomic E-state index is 11.7. The van der Waals surface area contributed by atoms with Gasteiger partial charge < -0.3 is 10.5 Å². The van der Waals surface area contributed by atoms with Crippen molar-refractivity contribution in [2.75, 3.05) is 18.9 Å². The molecule has 1 aromatic rings.